The molecule has 1 aromatic heterocycles. The Hall–Kier alpha value is -2.17. The summed E-state index contributed by atoms with van der Waals surface area (Å²) >= 11 is 0. The maximum absolute atomic E-state index is 13.5. The number of hydrogen-bond acceptors (Lipinski definition) is 2. The Labute approximate surface area is 101 Å². The van der Waals surface area contributed by atoms with E-state index in [9.17, 15) is 18.0 Å². The number of aromatic nitrogens is 1. The maximum Gasteiger partial charge on any atom is 0.263 e. The lowest BCUT2D eigenvalue weighted by Crippen LogP contribution is -2.05. The summed E-state index contributed by atoms with van der Waals surface area (Å²) in [6, 6.07) is 5.51. The smallest absolute Gasteiger partial charge is 0.263 e. The largest absolute Gasteiger partial charge is 0.288 e. The van der Waals surface area contributed by atoms with Crippen molar-refractivity contribution in [3.05, 3.63) is 65.2 Å². The molecule has 0 saturated heterocycles. The number of alkyl halides is 2. The summed E-state index contributed by atoms with van der Waals surface area (Å²) in [6.07, 6.45) is 0.0131. The number of nitrogens with zero attached hydrogens (tertiary/aromatic N) is 1. The second-order valence-electron chi connectivity index (χ2n) is 3.60. The molecule has 0 aliphatic carbocycles. The average molecular weight is 251 g/mol. The average Bonchev–Trinajstić information content (AvgIpc) is 2.39. The molecule has 0 aliphatic rings. The third-order valence-corrected chi connectivity index (χ3v) is 2.43. The first kappa shape index (κ1) is 12.3. The van der Waals surface area contributed by atoms with Crippen molar-refractivity contribution >= 4 is 5.78 Å². The Morgan fingerprint density at radius 2 is 1.78 bits per heavy atom. The van der Waals surface area contributed by atoms with Crippen molar-refractivity contribution < 1.29 is 18.0 Å². The summed E-state index contributed by atoms with van der Waals surface area (Å²) in [7, 11) is 0. The first-order valence-electron chi connectivity index (χ1n) is 5.12. The summed E-state index contributed by atoms with van der Waals surface area (Å²) < 4.78 is 38.5. The van der Waals surface area contributed by atoms with Gasteiger partial charge >= 0.3 is 0 Å². The normalized spacial score (nSPS) is 10.7. The summed E-state index contributed by atoms with van der Waals surface area (Å²) in [4.78, 5) is 15.7. The molecule has 0 radical (unpaired) electrons. The van der Waals surface area contributed by atoms with Crippen LogP contribution in [0.15, 0.2) is 42.7 Å². The van der Waals surface area contributed by atoms with E-state index in [-0.39, 0.29) is 16.7 Å². The molecule has 0 atom stereocenters. The first-order valence-corrected chi connectivity index (χ1v) is 5.12. The van der Waals surface area contributed by atoms with Gasteiger partial charge in [0.15, 0.2) is 5.78 Å². The number of hydrogen-bond donors (Lipinski definition) is 0. The number of carbonyl (C=O) groups excluding carboxylic acids is 1. The van der Waals surface area contributed by atoms with Crippen LogP contribution in [-0.2, 0) is 0 Å². The minimum Gasteiger partial charge on any atom is -0.288 e. The predicted octanol–water partition coefficient (Wildman–Crippen LogP) is 3.39. The van der Waals surface area contributed by atoms with Crippen LogP contribution in [0.25, 0.3) is 0 Å². The molecular weight excluding hydrogens is 243 g/mol. The van der Waals surface area contributed by atoms with Gasteiger partial charge in [0.1, 0.15) is 5.82 Å². The lowest BCUT2D eigenvalue weighted by atomic mass is 10.0. The molecule has 0 amide bonds. The number of rotatable bonds is 3. The minimum absolute atomic E-state index is 0.204. The molecule has 1 heterocycles. The molecule has 0 fully saturated rings. The molecule has 2 rings (SSSR count). The summed E-state index contributed by atoms with van der Waals surface area (Å²) in [6.45, 7) is 0. The molecule has 18 heavy (non-hydrogen) atoms. The van der Waals surface area contributed by atoms with Gasteiger partial charge in [0.05, 0.1) is 5.56 Å². The van der Waals surface area contributed by atoms with E-state index >= 15 is 0 Å². The molecule has 92 valence electrons. The number of halogens is 3. The van der Waals surface area contributed by atoms with Crippen LogP contribution in [0.5, 0.6) is 0 Å². The summed E-state index contributed by atoms with van der Waals surface area (Å²) in [5.41, 5.74) is -0.539. The minimum atomic E-state index is -2.74. The fourth-order valence-electron chi connectivity index (χ4n) is 1.51. The molecule has 0 aliphatic heterocycles. The van der Waals surface area contributed by atoms with Gasteiger partial charge in [0.2, 0.25) is 0 Å². The molecule has 0 saturated carbocycles. The summed E-state index contributed by atoms with van der Waals surface area (Å²) in [5, 5.41) is 0. The highest BCUT2D eigenvalue weighted by atomic mass is 19.3. The van der Waals surface area contributed by atoms with Crippen molar-refractivity contribution in [3.63, 3.8) is 0 Å². The molecule has 0 N–H and O–H groups in total. The standard InChI is InChI=1S/C13H8F3NO/c14-11-2-1-9(13(15)16)7-10(11)12(18)8-3-5-17-6-4-8/h1-7,13H. The highest BCUT2D eigenvalue weighted by Gasteiger charge is 2.17. The van der Waals surface area contributed by atoms with Crippen molar-refractivity contribution in [1.82, 2.24) is 4.98 Å². The van der Waals surface area contributed by atoms with Gasteiger partial charge in [-0.3, -0.25) is 9.78 Å². The molecule has 1 aromatic carbocycles. The van der Waals surface area contributed by atoms with Crippen LogP contribution in [0.4, 0.5) is 13.2 Å². The molecule has 2 aromatic rings. The van der Waals surface area contributed by atoms with Gasteiger partial charge in [0, 0.05) is 23.5 Å². The Morgan fingerprint density at radius 3 is 2.39 bits per heavy atom. The Balaban J connectivity index is 2.45. The van der Waals surface area contributed by atoms with Crippen molar-refractivity contribution in [3.8, 4) is 0 Å². The lowest BCUT2D eigenvalue weighted by molar-refractivity contribution is 0.103. The van der Waals surface area contributed by atoms with Gasteiger partial charge in [0.25, 0.3) is 6.43 Å². The number of carbonyl (C=O) groups is 1. The second kappa shape index (κ2) is 5.00. The third kappa shape index (κ3) is 2.40. The van der Waals surface area contributed by atoms with Gasteiger partial charge in [-0.1, -0.05) is 6.07 Å². The van der Waals surface area contributed by atoms with Crippen molar-refractivity contribution in [2.75, 3.05) is 0 Å². The van der Waals surface area contributed by atoms with Crippen molar-refractivity contribution in [2.24, 2.45) is 0 Å². The topological polar surface area (TPSA) is 30.0 Å². The van der Waals surface area contributed by atoms with Crippen LogP contribution in [-0.4, -0.2) is 10.8 Å². The Bertz CT molecular complexity index is 570. The Kier molecular flexibility index (Phi) is 3.41. The molecule has 2 nitrogen and oxygen atoms in total. The first-order chi connectivity index (χ1) is 8.59. The predicted molar refractivity (Wildman–Crippen MR) is 59.0 cm³/mol. The van der Waals surface area contributed by atoms with E-state index in [0.717, 1.165) is 18.2 Å². The fraction of sp³-hybridized carbons (Fsp3) is 0.0769. The van der Waals surface area contributed by atoms with Crippen molar-refractivity contribution in [2.45, 2.75) is 6.43 Å². The summed E-state index contributed by atoms with van der Waals surface area (Å²) in [5.74, 6) is -1.46. The molecule has 5 heteroatoms. The van der Waals surface area contributed by atoms with Crippen LogP contribution in [0.1, 0.15) is 27.9 Å². The fourth-order valence-corrected chi connectivity index (χ4v) is 1.51. The van der Waals surface area contributed by atoms with E-state index < -0.39 is 18.0 Å². The quantitative estimate of drug-likeness (QED) is 0.782. The van der Waals surface area contributed by atoms with E-state index in [4.69, 9.17) is 0 Å². The molecule has 0 bridgehead atoms. The van der Waals surface area contributed by atoms with E-state index in [1.807, 2.05) is 0 Å². The maximum atomic E-state index is 13.5. The van der Waals surface area contributed by atoms with E-state index in [1.165, 1.54) is 24.5 Å². The van der Waals surface area contributed by atoms with Crippen molar-refractivity contribution in [1.29, 1.82) is 0 Å². The van der Waals surface area contributed by atoms with Gasteiger partial charge in [-0.25, -0.2) is 13.2 Å². The number of benzene rings is 1. The van der Waals surface area contributed by atoms with Crippen LogP contribution >= 0.6 is 0 Å². The third-order valence-electron chi connectivity index (χ3n) is 2.43. The van der Waals surface area contributed by atoms with E-state index in [2.05, 4.69) is 4.98 Å². The van der Waals surface area contributed by atoms with Gasteiger partial charge in [-0.05, 0) is 24.3 Å². The number of ketones is 1. The zero-order valence-corrected chi connectivity index (χ0v) is 9.11. The molecule has 0 spiro atoms. The molecular formula is C13H8F3NO. The monoisotopic (exact) mass is 251 g/mol. The number of pyridine rings is 1. The SMILES string of the molecule is O=C(c1ccncc1)c1cc(C(F)F)ccc1F. The second-order valence-corrected chi connectivity index (χ2v) is 3.60. The van der Waals surface area contributed by atoms with Gasteiger partial charge < -0.3 is 0 Å². The Morgan fingerprint density at radius 1 is 1.11 bits per heavy atom. The zero-order valence-electron chi connectivity index (χ0n) is 9.11. The highest BCUT2D eigenvalue weighted by molar-refractivity contribution is 6.09. The molecule has 0 unspecified atom stereocenters. The van der Waals surface area contributed by atoms with Crippen LogP contribution in [0, 0.1) is 5.82 Å². The highest BCUT2D eigenvalue weighted by Crippen LogP contribution is 2.22. The van der Waals surface area contributed by atoms with Crippen LogP contribution < -0.4 is 0 Å². The zero-order chi connectivity index (χ0) is 13.1. The van der Waals surface area contributed by atoms with Gasteiger partial charge in [-0.15, -0.1) is 0 Å². The van der Waals surface area contributed by atoms with E-state index in [1.54, 1.807) is 0 Å². The van der Waals surface area contributed by atoms with E-state index in [0.29, 0.717) is 0 Å². The van der Waals surface area contributed by atoms with Gasteiger partial charge in [-0.2, -0.15) is 0 Å². The lowest BCUT2D eigenvalue weighted by Gasteiger charge is -2.05. The van der Waals surface area contributed by atoms with Crippen LogP contribution in [0.3, 0.4) is 0 Å². The van der Waals surface area contributed by atoms with Crippen LogP contribution in [0.2, 0.25) is 0 Å².